The second-order valence-electron chi connectivity index (χ2n) is 5.40. The molecule has 0 amide bonds. The highest BCUT2D eigenvalue weighted by molar-refractivity contribution is 5.58. The Hall–Kier alpha value is -1.54. The Kier molecular flexibility index (Phi) is 6.06. The number of nitrogens with two attached hydrogens (primary N) is 1. The van der Waals surface area contributed by atoms with E-state index in [2.05, 4.69) is 9.64 Å². The van der Waals surface area contributed by atoms with Gasteiger partial charge in [-0.1, -0.05) is 12.1 Å². The van der Waals surface area contributed by atoms with Crippen molar-refractivity contribution in [2.75, 3.05) is 44.2 Å². The molecule has 1 aromatic carbocycles. The molecule has 2 N–H and O–H groups in total. The molecule has 4 nitrogen and oxygen atoms in total. The summed E-state index contributed by atoms with van der Waals surface area (Å²) in [6, 6.07) is 6.04. The molecule has 1 aliphatic heterocycles. The van der Waals surface area contributed by atoms with E-state index in [1.165, 1.54) is 12.1 Å². The number of hydrogen-bond acceptors (Lipinski definition) is 4. The van der Waals surface area contributed by atoms with Gasteiger partial charge < -0.3 is 15.4 Å². The molecular formula is C15H21F4N3O. The first-order valence-electron chi connectivity index (χ1n) is 7.55. The Morgan fingerprint density at radius 1 is 1.13 bits per heavy atom. The molecule has 1 aliphatic rings. The average molecular weight is 335 g/mol. The molecular weight excluding hydrogens is 314 g/mol. The summed E-state index contributed by atoms with van der Waals surface area (Å²) in [7, 11) is 0. The van der Waals surface area contributed by atoms with E-state index in [0.29, 0.717) is 25.3 Å². The second-order valence-corrected chi connectivity index (χ2v) is 5.40. The van der Waals surface area contributed by atoms with Crippen LogP contribution in [0.1, 0.15) is 6.42 Å². The summed E-state index contributed by atoms with van der Waals surface area (Å²) in [4.78, 5) is 4.11. The average Bonchev–Trinajstić information content (AvgIpc) is 2.53. The zero-order valence-electron chi connectivity index (χ0n) is 12.7. The maximum atomic E-state index is 13.2. The first kappa shape index (κ1) is 17.8. The van der Waals surface area contributed by atoms with Crippen LogP contribution in [0, 0.1) is 0 Å². The summed E-state index contributed by atoms with van der Waals surface area (Å²) in [5.41, 5.74) is 5.89. The minimum atomic E-state index is -4.50. The molecule has 1 heterocycles. The normalized spacial score (nSPS) is 16.9. The Labute approximate surface area is 132 Å². The molecule has 2 rings (SSSR count). The number of piperazine rings is 1. The molecule has 0 saturated carbocycles. The number of para-hydroxylation sites is 2. The van der Waals surface area contributed by atoms with Crippen LogP contribution in [0.3, 0.4) is 0 Å². The molecule has 23 heavy (non-hydrogen) atoms. The van der Waals surface area contributed by atoms with E-state index in [9.17, 15) is 17.6 Å². The van der Waals surface area contributed by atoms with Gasteiger partial charge in [-0.15, -0.1) is 0 Å². The van der Waals surface area contributed by atoms with Gasteiger partial charge in [0.15, 0.2) is 0 Å². The molecule has 0 aromatic heterocycles. The van der Waals surface area contributed by atoms with Gasteiger partial charge in [0.2, 0.25) is 0 Å². The van der Waals surface area contributed by atoms with Crippen LogP contribution in [0.25, 0.3) is 0 Å². The maximum Gasteiger partial charge on any atom is 0.461 e. The van der Waals surface area contributed by atoms with E-state index in [0.717, 1.165) is 26.1 Å². The number of halogens is 4. The number of hydrogen-bond donors (Lipinski definition) is 1. The number of benzene rings is 1. The topological polar surface area (TPSA) is 41.7 Å². The summed E-state index contributed by atoms with van der Waals surface area (Å²) < 4.78 is 55.3. The van der Waals surface area contributed by atoms with Gasteiger partial charge in [-0.05, 0) is 31.6 Å². The van der Waals surface area contributed by atoms with Gasteiger partial charge in [-0.25, -0.2) is 0 Å². The number of alkyl halides is 4. The highest BCUT2D eigenvalue weighted by Crippen LogP contribution is 2.34. The summed E-state index contributed by atoms with van der Waals surface area (Å²) in [5, 5.41) is 0. The monoisotopic (exact) mass is 335 g/mol. The summed E-state index contributed by atoms with van der Waals surface area (Å²) >= 11 is 0. The van der Waals surface area contributed by atoms with Crippen LogP contribution in [0.15, 0.2) is 24.3 Å². The van der Waals surface area contributed by atoms with Gasteiger partial charge in [-0.3, -0.25) is 4.90 Å². The maximum absolute atomic E-state index is 13.2. The van der Waals surface area contributed by atoms with Crippen LogP contribution < -0.4 is 15.4 Å². The lowest BCUT2D eigenvalue weighted by atomic mass is 10.2. The third-order valence-corrected chi connectivity index (χ3v) is 3.76. The zero-order valence-corrected chi connectivity index (χ0v) is 12.7. The van der Waals surface area contributed by atoms with Crippen molar-refractivity contribution in [1.29, 1.82) is 0 Å². The summed E-state index contributed by atoms with van der Waals surface area (Å²) in [6.45, 7) is 4.28. The van der Waals surface area contributed by atoms with Crippen LogP contribution in [-0.4, -0.2) is 56.7 Å². The molecule has 0 unspecified atom stereocenters. The SMILES string of the molecule is NCCCN1CCN(c2ccccc2OC(F)(F)C(F)F)CC1. The fourth-order valence-corrected chi connectivity index (χ4v) is 2.52. The lowest BCUT2D eigenvalue weighted by Crippen LogP contribution is -2.47. The highest BCUT2D eigenvalue weighted by atomic mass is 19.3. The fraction of sp³-hybridized carbons (Fsp3) is 0.600. The van der Waals surface area contributed by atoms with E-state index in [1.807, 2.05) is 4.90 Å². The van der Waals surface area contributed by atoms with Gasteiger partial charge >= 0.3 is 12.5 Å². The van der Waals surface area contributed by atoms with Crippen LogP contribution >= 0.6 is 0 Å². The largest absolute Gasteiger partial charge is 0.461 e. The van der Waals surface area contributed by atoms with Gasteiger partial charge in [0.25, 0.3) is 0 Å². The van der Waals surface area contributed by atoms with Crippen molar-refractivity contribution in [3.05, 3.63) is 24.3 Å². The van der Waals surface area contributed by atoms with Crippen molar-refractivity contribution in [3.8, 4) is 5.75 Å². The van der Waals surface area contributed by atoms with Crippen LogP contribution in [0.2, 0.25) is 0 Å². The molecule has 1 saturated heterocycles. The van der Waals surface area contributed by atoms with Gasteiger partial charge in [0, 0.05) is 26.2 Å². The van der Waals surface area contributed by atoms with Gasteiger partial charge in [-0.2, -0.15) is 17.6 Å². The van der Waals surface area contributed by atoms with E-state index in [-0.39, 0.29) is 5.75 Å². The Bertz CT molecular complexity index is 493. The minimum Gasteiger partial charge on any atom is -0.426 e. The lowest BCUT2D eigenvalue weighted by Gasteiger charge is -2.37. The fourth-order valence-electron chi connectivity index (χ4n) is 2.52. The van der Waals surface area contributed by atoms with E-state index >= 15 is 0 Å². The van der Waals surface area contributed by atoms with E-state index in [1.54, 1.807) is 12.1 Å². The smallest absolute Gasteiger partial charge is 0.426 e. The number of rotatable bonds is 7. The molecule has 0 spiro atoms. The molecule has 130 valence electrons. The van der Waals surface area contributed by atoms with E-state index in [4.69, 9.17) is 5.73 Å². The molecule has 1 aromatic rings. The molecule has 0 radical (unpaired) electrons. The quantitative estimate of drug-likeness (QED) is 0.777. The predicted octanol–water partition coefficient (Wildman–Crippen LogP) is 2.39. The number of nitrogens with zero attached hydrogens (tertiary/aromatic N) is 2. The lowest BCUT2D eigenvalue weighted by molar-refractivity contribution is -0.253. The van der Waals surface area contributed by atoms with Crippen molar-refractivity contribution < 1.29 is 22.3 Å². The molecule has 1 fully saturated rings. The third-order valence-electron chi connectivity index (χ3n) is 3.76. The second kappa shape index (κ2) is 7.83. The first-order chi connectivity index (χ1) is 10.9. The standard InChI is InChI=1S/C15H21F4N3O/c16-14(17)15(18,19)23-13-5-2-1-4-12(13)22-10-8-21(9-11-22)7-3-6-20/h1-2,4-5,14H,3,6-11,20H2. The molecule has 0 aliphatic carbocycles. The van der Waals surface area contributed by atoms with Crippen molar-refractivity contribution >= 4 is 5.69 Å². The molecule has 8 heteroatoms. The Morgan fingerprint density at radius 2 is 1.78 bits per heavy atom. The van der Waals surface area contributed by atoms with Gasteiger partial charge in [0.1, 0.15) is 5.75 Å². The van der Waals surface area contributed by atoms with Crippen LogP contribution in [-0.2, 0) is 0 Å². The van der Waals surface area contributed by atoms with E-state index < -0.39 is 12.5 Å². The van der Waals surface area contributed by atoms with Crippen LogP contribution in [0.4, 0.5) is 23.2 Å². The van der Waals surface area contributed by atoms with Crippen molar-refractivity contribution in [2.24, 2.45) is 5.73 Å². The minimum absolute atomic E-state index is 0.229. The van der Waals surface area contributed by atoms with Gasteiger partial charge in [0.05, 0.1) is 5.69 Å². The Balaban J connectivity index is 2.04. The summed E-state index contributed by atoms with van der Waals surface area (Å²) in [6.07, 6.45) is -7.47. The Morgan fingerprint density at radius 3 is 2.39 bits per heavy atom. The van der Waals surface area contributed by atoms with Crippen molar-refractivity contribution in [3.63, 3.8) is 0 Å². The number of anilines is 1. The third kappa shape index (κ3) is 4.71. The first-order valence-corrected chi connectivity index (χ1v) is 7.55. The predicted molar refractivity (Wildman–Crippen MR) is 80.3 cm³/mol. The zero-order chi connectivity index (χ0) is 16.9. The van der Waals surface area contributed by atoms with Crippen molar-refractivity contribution in [1.82, 2.24) is 4.90 Å². The highest BCUT2D eigenvalue weighted by Gasteiger charge is 2.44. The number of ether oxygens (including phenoxy) is 1. The van der Waals surface area contributed by atoms with Crippen molar-refractivity contribution in [2.45, 2.75) is 19.0 Å². The summed E-state index contributed by atoms with van der Waals surface area (Å²) in [5.74, 6) is -0.229. The molecule has 0 atom stereocenters. The van der Waals surface area contributed by atoms with Crippen LogP contribution in [0.5, 0.6) is 5.75 Å². The molecule has 0 bridgehead atoms.